The molecule has 0 bridgehead atoms. The molecule has 3 nitrogen and oxygen atoms in total. The van der Waals surface area contributed by atoms with Crippen molar-refractivity contribution >= 4 is 5.97 Å². The van der Waals surface area contributed by atoms with Gasteiger partial charge in [0.2, 0.25) is 0 Å². The topological polar surface area (TPSA) is 46.5 Å². The molecule has 0 fully saturated rings. The van der Waals surface area contributed by atoms with Crippen LogP contribution in [0.4, 0.5) is 0 Å². The van der Waals surface area contributed by atoms with Gasteiger partial charge in [-0.2, -0.15) is 0 Å². The van der Waals surface area contributed by atoms with Crippen molar-refractivity contribution in [2.24, 2.45) is 0 Å². The number of benzene rings is 2. The summed E-state index contributed by atoms with van der Waals surface area (Å²) >= 11 is 0. The lowest BCUT2D eigenvalue weighted by atomic mass is 9.97. The number of rotatable bonds is 3. The summed E-state index contributed by atoms with van der Waals surface area (Å²) in [5.74, 6) is -2.28. The molecule has 0 saturated carbocycles. The Morgan fingerprint density at radius 1 is 0.944 bits per heavy atom. The summed E-state index contributed by atoms with van der Waals surface area (Å²) < 4.78 is 5.13. The molecule has 2 aromatic carbocycles. The van der Waals surface area contributed by atoms with Gasteiger partial charge < -0.3 is 9.84 Å². The number of carbonyl (C=O) groups excluding carboxylic acids is 1. The molecule has 0 amide bonds. The molecule has 3 heteroatoms. The summed E-state index contributed by atoms with van der Waals surface area (Å²) in [7, 11) is 0. The van der Waals surface area contributed by atoms with Crippen molar-refractivity contribution in [1.29, 1.82) is 0 Å². The summed E-state index contributed by atoms with van der Waals surface area (Å²) in [5, 5.41) is 10.7. The third kappa shape index (κ3) is 2.41. The van der Waals surface area contributed by atoms with E-state index in [0.29, 0.717) is 11.1 Å². The maximum absolute atomic E-state index is 11.2. The first-order chi connectivity index (χ1) is 8.63. The second kappa shape index (κ2) is 5.02. The largest absolute Gasteiger partial charge is 0.424 e. The highest BCUT2D eigenvalue weighted by molar-refractivity contribution is 5.67. The van der Waals surface area contributed by atoms with E-state index in [9.17, 15) is 9.90 Å². The van der Waals surface area contributed by atoms with E-state index in [0.717, 1.165) is 0 Å². The average molecular weight is 242 g/mol. The molecular weight excluding hydrogens is 228 g/mol. The van der Waals surface area contributed by atoms with Gasteiger partial charge in [0.25, 0.3) is 5.79 Å². The minimum Gasteiger partial charge on any atom is -0.424 e. The Bertz CT molecular complexity index is 480. The highest BCUT2D eigenvalue weighted by Gasteiger charge is 2.34. The van der Waals surface area contributed by atoms with Crippen LogP contribution >= 0.6 is 0 Å². The van der Waals surface area contributed by atoms with Gasteiger partial charge in [0.15, 0.2) is 0 Å². The molecule has 0 aliphatic rings. The van der Waals surface area contributed by atoms with Crippen LogP contribution in [0.15, 0.2) is 60.7 Å². The van der Waals surface area contributed by atoms with E-state index in [4.69, 9.17) is 4.74 Å². The quantitative estimate of drug-likeness (QED) is 0.664. The van der Waals surface area contributed by atoms with E-state index in [2.05, 4.69) is 0 Å². The number of hydrogen-bond donors (Lipinski definition) is 1. The fourth-order valence-electron chi connectivity index (χ4n) is 1.82. The minimum absolute atomic E-state index is 0.520. The first-order valence-corrected chi connectivity index (χ1v) is 5.66. The molecule has 0 aliphatic heterocycles. The summed E-state index contributed by atoms with van der Waals surface area (Å²) in [4.78, 5) is 11.2. The lowest BCUT2D eigenvalue weighted by molar-refractivity contribution is -0.195. The van der Waals surface area contributed by atoms with Gasteiger partial charge in [-0.15, -0.1) is 0 Å². The van der Waals surface area contributed by atoms with Gasteiger partial charge in [-0.3, -0.25) is 4.79 Å². The molecule has 0 radical (unpaired) electrons. The summed E-state index contributed by atoms with van der Waals surface area (Å²) in [6, 6.07) is 17.7. The maximum atomic E-state index is 11.2. The van der Waals surface area contributed by atoms with Crippen LogP contribution in [-0.2, 0) is 15.3 Å². The molecule has 0 aromatic heterocycles. The molecule has 0 heterocycles. The van der Waals surface area contributed by atoms with Crippen LogP contribution < -0.4 is 0 Å². The fraction of sp³-hybridized carbons (Fsp3) is 0.133. The average Bonchev–Trinajstić information content (AvgIpc) is 2.40. The Labute approximate surface area is 106 Å². The van der Waals surface area contributed by atoms with Crippen LogP contribution in [0.5, 0.6) is 0 Å². The predicted molar refractivity (Wildman–Crippen MR) is 67.6 cm³/mol. The van der Waals surface area contributed by atoms with Crippen molar-refractivity contribution < 1.29 is 14.6 Å². The smallest absolute Gasteiger partial charge is 0.305 e. The number of carbonyl (C=O) groups is 1. The van der Waals surface area contributed by atoms with Crippen LogP contribution in [0.2, 0.25) is 0 Å². The Hall–Kier alpha value is -2.13. The van der Waals surface area contributed by atoms with E-state index < -0.39 is 11.8 Å². The zero-order valence-corrected chi connectivity index (χ0v) is 10.0. The van der Waals surface area contributed by atoms with E-state index in [1.165, 1.54) is 6.92 Å². The predicted octanol–water partition coefficient (Wildman–Crippen LogP) is 2.44. The van der Waals surface area contributed by atoms with Gasteiger partial charge in [0, 0.05) is 18.1 Å². The lowest BCUT2D eigenvalue weighted by Gasteiger charge is -2.28. The van der Waals surface area contributed by atoms with Crippen molar-refractivity contribution in [2.75, 3.05) is 0 Å². The molecule has 18 heavy (non-hydrogen) atoms. The standard InChI is InChI=1S/C15H14O3/c1-12(16)18-15(17,13-8-4-2-5-9-13)14-10-6-3-7-11-14/h2-11,17H,1H3. The normalized spacial score (nSPS) is 11.0. The third-order valence-electron chi connectivity index (χ3n) is 2.62. The number of ether oxygens (including phenoxy) is 1. The van der Waals surface area contributed by atoms with Gasteiger partial charge in [0.1, 0.15) is 0 Å². The van der Waals surface area contributed by atoms with Crippen LogP contribution in [-0.4, -0.2) is 11.1 Å². The molecule has 0 atom stereocenters. The van der Waals surface area contributed by atoms with Crippen molar-refractivity contribution in [2.45, 2.75) is 12.7 Å². The SMILES string of the molecule is CC(=O)OC(O)(c1ccccc1)c1ccccc1. The highest BCUT2D eigenvalue weighted by Crippen LogP contribution is 2.30. The van der Waals surface area contributed by atoms with Crippen molar-refractivity contribution in [3.8, 4) is 0 Å². The molecule has 0 aliphatic carbocycles. The summed E-state index contributed by atoms with van der Waals surface area (Å²) in [5.41, 5.74) is 1.04. The highest BCUT2D eigenvalue weighted by atomic mass is 16.7. The van der Waals surface area contributed by atoms with Gasteiger partial charge >= 0.3 is 5.97 Å². The molecular formula is C15H14O3. The lowest BCUT2D eigenvalue weighted by Crippen LogP contribution is -2.32. The van der Waals surface area contributed by atoms with Gasteiger partial charge in [-0.05, 0) is 0 Å². The van der Waals surface area contributed by atoms with Crippen molar-refractivity contribution in [3.05, 3.63) is 71.8 Å². The Kier molecular flexibility index (Phi) is 3.44. The summed E-state index contributed by atoms with van der Waals surface area (Å²) in [6.45, 7) is 1.27. The monoisotopic (exact) mass is 242 g/mol. The van der Waals surface area contributed by atoms with Gasteiger partial charge in [-0.25, -0.2) is 0 Å². The first kappa shape index (κ1) is 12.3. The van der Waals surface area contributed by atoms with E-state index in [-0.39, 0.29) is 0 Å². The molecule has 0 saturated heterocycles. The van der Waals surface area contributed by atoms with Crippen molar-refractivity contribution in [3.63, 3.8) is 0 Å². The molecule has 1 N–H and O–H groups in total. The van der Waals surface area contributed by atoms with Crippen LogP contribution in [0.25, 0.3) is 0 Å². The molecule has 0 spiro atoms. The van der Waals surface area contributed by atoms with Crippen LogP contribution in [0.3, 0.4) is 0 Å². The molecule has 2 aromatic rings. The Balaban J connectivity index is 2.51. The van der Waals surface area contributed by atoms with Crippen molar-refractivity contribution in [1.82, 2.24) is 0 Å². The zero-order chi connectivity index (χ0) is 13.0. The third-order valence-corrected chi connectivity index (χ3v) is 2.62. The summed E-state index contributed by atoms with van der Waals surface area (Å²) in [6.07, 6.45) is 0. The molecule has 2 rings (SSSR count). The Morgan fingerprint density at radius 3 is 1.67 bits per heavy atom. The number of esters is 1. The second-order valence-electron chi connectivity index (χ2n) is 3.97. The fourth-order valence-corrected chi connectivity index (χ4v) is 1.82. The minimum atomic E-state index is -1.74. The van der Waals surface area contributed by atoms with Crippen LogP contribution in [0, 0.1) is 0 Å². The van der Waals surface area contributed by atoms with Gasteiger partial charge in [0.05, 0.1) is 0 Å². The van der Waals surface area contributed by atoms with Gasteiger partial charge in [-0.1, -0.05) is 60.7 Å². The van der Waals surface area contributed by atoms with Crippen LogP contribution in [0.1, 0.15) is 18.1 Å². The van der Waals surface area contributed by atoms with E-state index >= 15 is 0 Å². The van der Waals surface area contributed by atoms with E-state index in [1.54, 1.807) is 48.5 Å². The zero-order valence-electron chi connectivity index (χ0n) is 10.0. The van der Waals surface area contributed by atoms with E-state index in [1.807, 2.05) is 12.1 Å². The maximum Gasteiger partial charge on any atom is 0.305 e. The molecule has 92 valence electrons. The number of aliphatic hydroxyl groups is 1. The second-order valence-corrected chi connectivity index (χ2v) is 3.97. The first-order valence-electron chi connectivity index (χ1n) is 5.66. The Morgan fingerprint density at radius 2 is 1.33 bits per heavy atom. The number of hydrogen-bond acceptors (Lipinski definition) is 3. The molecule has 0 unspecified atom stereocenters.